The van der Waals surface area contributed by atoms with Crippen LogP contribution in [0, 0.1) is 17.8 Å². The van der Waals surface area contributed by atoms with Crippen molar-refractivity contribution in [3.05, 3.63) is 22.8 Å². The van der Waals surface area contributed by atoms with Crippen molar-refractivity contribution in [3.8, 4) is 0 Å². The third-order valence-corrected chi connectivity index (χ3v) is 4.71. The zero-order valence-corrected chi connectivity index (χ0v) is 11.3. The molecule has 0 bridgehead atoms. The Morgan fingerprint density at radius 1 is 1.06 bits per heavy atom. The summed E-state index contributed by atoms with van der Waals surface area (Å²) in [6, 6.07) is 0. The SMILES string of the molecule is C/C1=C\C2=C(CCC(C)C2)C(C)C(C)CC1. The van der Waals surface area contributed by atoms with Crippen LogP contribution in [0.4, 0.5) is 0 Å². The van der Waals surface area contributed by atoms with E-state index < -0.39 is 0 Å². The number of allylic oxidation sites excluding steroid dienone is 4. The standard InChI is InChI=1S/C16H26/c1-11-5-7-13(3)14(4)16-8-6-12(2)10-15(16)9-11/h9,12-14H,5-8,10H2,1-4H3/b11-9+. The van der Waals surface area contributed by atoms with Gasteiger partial charge in [-0.25, -0.2) is 0 Å². The molecule has 0 fully saturated rings. The molecule has 0 nitrogen and oxygen atoms in total. The summed E-state index contributed by atoms with van der Waals surface area (Å²) < 4.78 is 0. The van der Waals surface area contributed by atoms with Crippen LogP contribution in [-0.2, 0) is 0 Å². The van der Waals surface area contributed by atoms with E-state index in [1.54, 1.807) is 16.7 Å². The maximum absolute atomic E-state index is 2.51. The van der Waals surface area contributed by atoms with Gasteiger partial charge < -0.3 is 0 Å². The van der Waals surface area contributed by atoms with Crippen molar-refractivity contribution in [2.45, 2.75) is 59.8 Å². The van der Waals surface area contributed by atoms with Crippen molar-refractivity contribution in [1.82, 2.24) is 0 Å². The first kappa shape index (κ1) is 12.0. The summed E-state index contributed by atoms with van der Waals surface area (Å²) in [5.41, 5.74) is 5.07. The van der Waals surface area contributed by atoms with E-state index in [0.717, 1.165) is 17.8 Å². The first-order valence-electron chi connectivity index (χ1n) is 6.97. The van der Waals surface area contributed by atoms with Crippen LogP contribution in [0.1, 0.15) is 59.8 Å². The van der Waals surface area contributed by atoms with E-state index in [1.807, 2.05) is 0 Å². The van der Waals surface area contributed by atoms with Gasteiger partial charge in [-0.05, 0) is 62.4 Å². The lowest BCUT2D eigenvalue weighted by atomic mass is 9.73. The van der Waals surface area contributed by atoms with E-state index in [9.17, 15) is 0 Å². The second-order valence-corrected chi connectivity index (χ2v) is 6.19. The highest BCUT2D eigenvalue weighted by Crippen LogP contribution is 2.40. The van der Waals surface area contributed by atoms with E-state index in [1.165, 1.54) is 32.1 Å². The van der Waals surface area contributed by atoms with Crippen LogP contribution >= 0.6 is 0 Å². The monoisotopic (exact) mass is 218 g/mol. The Hall–Kier alpha value is -0.520. The van der Waals surface area contributed by atoms with Crippen LogP contribution < -0.4 is 0 Å². The zero-order chi connectivity index (χ0) is 11.7. The minimum absolute atomic E-state index is 0.812. The molecule has 0 amide bonds. The van der Waals surface area contributed by atoms with Crippen molar-refractivity contribution in [2.24, 2.45) is 17.8 Å². The molecule has 2 aliphatic carbocycles. The van der Waals surface area contributed by atoms with Gasteiger partial charge in [-0.2, -0.15) is 0 Å². The molecule has 0 saturated heterocycles. The molecule has 0 aliphatic heterocycles. The molecular weight excluding hydrogens is 192 g/mol. The second kappa shape index (κ2) is 4.77. The summed E-state index contributed by atoms with van der Waals surface area (Å²) in [5, 5.41) is 0. The Kier molecular flexibility index (Phi) is 3.56. The lowest BCUT2D eigenvalue weighted by Crippen LogP contribution is -2.19. The van der Waals surface area contributed by atoms with Gasteiger partial charge in [0.15, 0.2) is 0 Å². The molecule has 2 aliphatic rings. The van der Waals surface area contributed by atoms with Gasteiger partial charge in [0, 0.05) is 0 Å². The van der Waals surface area contributed by atoms with Crippen LogP contribution in [0.2, 0.25) is 0 Å². The van der Waals surface area contributed by atoms with Crippen molar-refractivity contribution in [3.63, 3.8) is 0 Å². The van der Waals surface area contributed by atoms with Gasteiger partial charge in [-0.3, -0.25) is 0 Å². The van der Waals surface area contributed by atoms with Crippen LogP contribution in [0.5, 0.6) is 0 Å². The van der Waals surface area contributed by atoms with Crippen molar-refractivity contribution >= 4 is 0 Å². The van der Waals surface area contributed by atoms with Crippen LogP contribution in [-0.4, -0.2) is 0 Å². The van der Waals surface area contributed by atoms with Gasteiger partial charge in [0.2, 0.25) is 0 Å². The highest BCUT2D eigenvalue weighted by atomic mass is 14.3. The van der Waals surface area contributed by atoms with Gasteiger partial charge in [0.1, 0.15) is 0 Å². The normalized spacial score (nSPS) is 39.5. The van der Waals surface area contributed by atoms with Crippen LogP contribution in [0.25, 0.3) is 0 Å². The molecule has 2 rings (SSSR count). The Bertz CT molecular complexity index is 319. The van der Waals surface area contributed by atoms with Gasteiger partial charge in [-0.15, -0.1) is 0 Å². The molecule has 0 radical (unpaired) electrons. The summed E-state index contributed by atoms with van der Waals surface area (Å²) in [7, 11) is 0. The third kappa shape index (κ3) is 2.42. The fraction of sp³-hybridized carbons (Fsp3) is 0.750. The second-order valence-electron chi connectivity index (χ2n) is 6.19. The molecule has 0 aromatic carbocycles. The van der Waals surface area contributed by atoms with Gasteiger partial charge in [0.25, 0.3) is 0 Å². The summed E-state index contributed by atoms with van der Waals surface area (Å²) in [5.74, 6) is 2.57. The van der Waals surface area contributed by atoms with E-state index >= 15 is 0 Å². The highest BCUT2D eigenvalue weighted by Gasteiger charge is 2.25. The Morgan fingerprint density at radius 2 is 1.81 bits per heavy atom. The molecule has 0 heterocycles. The van der Waals surface area contributed by atoms with Crippen molar-refractivity contribution in [2.75, 3.05) is 0 Å². The molecule has 0 aromatic heterocycles. The molecule has 3 atom stereocenters. The average molecular weight is 218 g/mol. The zero-order valence-electron chi connectivity index (χ0n) is 11.3. The van der Waals surface area contributed by atoms with Crippen molar-refractivity contribution in [1.29, 1.82) is 0 Å². The summed E-state index contributed by atoms with van der Waals surface area (Å²) >= 11 is 0. The molecule has 0 N–H and O–H groups in total. The fourth-order valence-corrected chi connectivity index (χ4v) is 3.26. The molecule has 3 unspecified atom stereocenters. The molecule has 16 heavy (non-hydrogen) atoms. The van der Waals surface area contributed by atoms with Crippen molar-refractivity contribution < 1.29 is 0 Å². The first-order valence-corrected chi connectivity index (χ1v) is 6.97. The molecule has 0 spiro atoms. The number of hydrogen-bond donors (Lipinski definition) is 0. The Balaban J connectivity index is 2.35. The van der Waals surface area contributed by atoms with E-state index in [2.05, 4.69) is 33.8 Å². The van der Waals surface area contributed by atoms with E-state index in [-0.39, 0.29) is 0 Å². The fourth-order valence-electron chi connectivity index (χ4n) is 3.26. The molecule has 0 heteroatoms. The number of rotatable bonds is 0. The summed E-state index contributed by atoms with van der Waals surface area (Å²) in [4.78, 5) is 0. The Labute approximate surface area is 101 Å². The van der Waals surface area contributed by atoms with Gasteiger partial charge in [-0.1, -0.05) is 38.0 Å². The summed E-state index contributed by atoms with van der Waals surface area (Å²) in [6.45, 7) is 9.60. The van der Waals surface area contributed by atoms with Gasteiger partial charge >= 0.3 is 0 Å². The van der Waals surface area contributed by atoms with Crippen LogP contribution in [0.3, 0.4) is 0 Å². The quantitative estimate of drug-likeness (QED) is 0.529. The lowest BCUT2D eigenvalue weighted by molar-refractivity contribution is 0.371. The summed E-state index contributed by atoms with van der Waals surface area (Å²) in [6.07, 6.45) is 9.26. The molecule has 90 valence electrons. The largest absolute Gasteiger partial charge is 0.0730 e. The minimum Gasteiger partial charge on any atom is -0.0730 e. The smallest absolute Gasteiger partial charge is 0.0200 e. The maximum Gasteiger partial charge on any atom is -0.0200 e. The molecular formula is C16H26. The average Bonchev–Trinajstić information content (AvgIpc) is 2.24. The van der Waals surface area contributed by atoms with Crippen LogP contribution in [0.15, 0.2) is 22.8 Å². The predicted molar refractivity (Wildman–Crippen MR) is 71.4 cm³/mol. The first-order chi connectivity index (χ1) is 7.58. The molecule has 0 aromatic rings. The lowest BCUT2D eigenvalue weighted by Gasteiger charge is -2.32. The Morgan fingerprint density at radius 3 is 2.56 bits per heavy atom. The molecule has 0 saturated carbocycles. The van der Waals surface area contributed by atoms with Gasteiger partial charge in [0.05, 0.1) is 0 Å². The maximum atomic E-state index is 2.51. The predicted octanol–water partition coefficient (Wildman–Crippen LogP) is 5.12. The third-order valence-electron chi connectivity index (χ3n) is 4.71. The topological polar surface area (TPSA) is 0 Å². The minimum atomic E-state index is 0.812. The number of hydrogen-bond acceptors (Lipinski definition) is 0. The van der Waals surface area contributed by atoms with E-state index in [4.69, 9.17) is 0 Å². The van der Waals surface area contributed by atoms with E-state index in [0.29, 0.717) is 0 Å². The highest BCUT2D eigenvalue weighted by molar-refractivity contribution is 5.33.